The van der Waals surface area contributed by atoms with Crippen molar-refractivity contribution >= 4 is 5.97 Å². The van der Waals surface area contributed by atoms with E-state index >= 15 is 0 Å². The number of hydrogen-bond donors (Lipinski definition) is 2. The number of aliphatic carboxylic acids is 1. The van der Waals surface area contributed by atoms with Gasteiger partial charge in [-0.1, -0.05) is 18.1 Å². The Balaban J connectivity index is 2.90. The summed E-state index contributed by atoms with van der Waals surface area (Å²) in [6.45, 7) is 0. The van der Waals surface area contributed by atoms with Crippen molar-refractivity contribution in [1.82, 2.24) is 0 Å². The summed E-state index contributed by atoms with van der Waals surface area (Å²) in [5.41, 5.74) is 0.741. The molecular formula is C12H12O4. The van der Waals surface area contributed by atoms with E-state index in [-0.39, 0.29) is 6.42 Å². The van der Waals surface area contributed by atoms with E-state index in [4.69, 9.17) is 14.9 Å². The van der Waals surface area contributed by atoms with Gasteiger partial charge in [0.15, 0.2) is 0 Å². The van der Waals surface area contributed by atoms with Crippen LogP contribution in [0.2, 0.25) is 0 Å². The first-order valence-electron chi connectivity index (χ1n) is 4.67. The summed E-state index contributed by atoms with van der Waals surface area (Å²) < 4.78 is 4.99. The lowest BCUT2D eigenvalue weighted by Crippen LogP contribution is -2.04. The van der Waals surface area contributed by atoms with Crippen molar-refractivity contribution in [3.8, 4) is 17.8 Å². The fraction of sp³-hybridized carbons (Fsp3) is 0.250. The van der Waals surface area contributed by atoms with Gasteiger partial charge in [0.1, 0.15) is 11.9 Å². The third-order valence-corrected chi connectivity index (χ3v) is 2.14. The van der Waals surface area contributed by atoms with E-state index < -0.39 is 11.9 Å². The van der Waals surface area contributed by atoms with Gasteiger partial charge < -0.3 is 14.9 Å². The van der Waals surface area contributed by atoms with Crippen LogP contribution in [0.5, 0.6) is 5.75 Å². The first-order chi connectivity index (χ1) is 7.67. The topological polar surface area (TPSA) is 66.8 Å². The highest BCUT2D eigenvalue weighted by Crippen LogP contribution is 2.21. The van der Waals surface area contributed by atoms with Crippen molar-refractivity contribution in [2.45, 2.75) is 12.3 Å². The number of benzene rings is 1. The van der Waals surface area contributed by atoms with E-state index in [9.17, 15) is 4.79 Å². The number of rotatable bonds is 4. The summed E-state index contributed by atoms with van der Waals surface area (Å²) in [6, 6.07) is 6.92. The average molecular weight is 220 g/mol. The molecule has 0 aliphatic carbocycles. The summed E-state index contributed by atoms with van der Waals surface area (Å²) in [5.74, 6) is 1.68. The lowest BCUT2D eigenvalue weighted by atomic mass is 9.96. The molecule has 0 radical (unpaired) electrons. The normalized spacial score (nSPS) is 11.1. The number of hydrogen-bond acceptors (Lipinski definition) is 3. The zero-order valence-corrected chi connectivity index (χ0v) is 8.80. The maximum absolute atomic E-state index is 10.6. The van der Waals surface area contributed by atoms with Gasteiger partial charge in [0, 0.05) is 0 Å². The molecule has 0 saturated heterocycles. The Bertz CT molecular complexity index is 411. The van der Waals surface area contributed by atoms with Crippen molar-refractivity contribution in [3.05, 3.63) is 29.8 Å². The maximum atomic E-state index is 10.6. The monoisotopic (exact) mass is 220 g/mol. The van der Waals surface area contributed by atoms with Gasteiger partial charge in [-0.25, -0.2) is 0 Å². The molecule has 0 amide bonds. The summed E-state index contributed by atoms with van der Waals surface area (Å²) in [4.78, 5) is 10.6. The molecule has 0 aliphatic heterocycles. The van der Waals surface area contributed by atoms with Crippen LogP contribution in [-0.2, 0) is 4.79 Å². The number of ether oxygens (including phenoxy) is 1. The lowest BCUT2D eigenvalue weighted by molar-refractivity contribution is -0.137. The van der Waals surface area contributed by atoms with Crippen molar-refractivity contribution in [2.75, 3.05) is 7.11 Å². The van der Waals surface area contributed by atoms with Crippen LogP contribution in [0.15, 0.2) is 24.3 Å². The number of carboxylic acids is 1. The Kier molecular flexibility index (Phi) is 4.22. The Morgan fingerprint density at radius 3 is 2.50 bits per heavy atom. The van der Waals surface area contributed by atoms with Gasteiger partial charge in [0.2, 0.25) is 0 Å². The van der Waals surface area contributed by atoms with Crippen molar-refractivity contribution < 1.29 is 19.7 Å². The van der Waals surface area contributed by atoms with Crippen LogP contribution in [0.1, 0.15) is 17.9 Å². The van der Waals surface area contributed by atoms with Crippen molar-refractivity contribution in [2.24, 2.45) is 0 Å². The third-order valence-electron chi connectivity index (χ3n) is 2.14. The SMILES string of the molecule is COc1ccc(C(C#CO)CC(=O)O)cc1. The first kappa shape index (κ1) is 11.9. The predicted molar refractivity (Wildman–Crippen MR) is 57.7 cm³/mol. The van der Waals surface area contributed by atoms with Crippen LogP contribution < -0.4 is 4.74 Å². The highest BCUT2D eigenvalue weighted by atomic mass is 16.5. The van der Waals surface area contributed by atoms with Gasteiger partial charge in [0.05, 0.1) is 19.4 Å². The van der Waals surface area contributed by atoms with Gasteiger partial charge in [-0.15, -0.1) is 0 Å². The van der Waals surface area contributed by atoms with E-state index in [2.05, 4.69) is 5.92 Å². The largest absolute Gasteiger partial charge is 0.497 e. The highest BCUT2D eigenvalue weighted by Gasteiger charge is 2.13. The third kappa shape index (κ3) is 3.21. The van der Waals surface area contributed by atoms with Gasteiger partial charge in [-0.2, -0.15) is 0 Å². The zero-order valence-electron chi connectivity index (χ0n) is 8.80. The molecule has 1 rings (SSSR count). The van der Waals surface area contributed by atoms with E-state index in [1.165, 1.54) is 0 Å². The standard InChI is InChI=1S/C12H12O4/c1-16-11-4-2-9(3-5-11)10(6-7-13)8-12(14)15/h2-5,10,13H,8H2,1H3,(H,14,15). The smallest absolute Gasteiger partial charge is 0.304 e. The maximum Gasteiger partial charge on any atom is 0.304 e. The molecule has 1 atom stereocenters. The fourth-order valence-corrected chi connectivity index (χ4v) is 1.34. The fourth-order valence-electron chi connectivity index (χ4n) is 1.34. The van der Waals surface area contributed by atoms with Crippen LogP contribution in [0.4, 0.5) is 0 Å². The minimum atomic E-state index is -0.955. The molecule has 0 aliphatic rings. The summed E-state index contributed by atoms with van der Waals surface area (Å²) in [6.07, 6.45) is 1.62. The zero-order chi connectivity index (χ0) is 12.0. The van der Waals surface area contributed by atoms with E-state index in [0.29, 0.717) is 5.75 Å². The molecule has 1 aromatic carbocycles. The molecule has 0 aromatic heterocycles. The van der Waals surface area contributed by atoms with E-state index in [1.807, 2.05) is 0 Å². The van der Waals surface area contributed by atoms with Crippen molar-refractivity contribution in [1.29, 1.82) is 0 Å². The summed E-state index contributed by atoms with van der Waals surface area (Å²) >= 11 is 0. The summed E-state index contributed by atoms with van der Waals surface area (Å²) in [5, 5.41) is 17.2. The lowest BCUT2D eigenvalue weighted by Gasteiger charge is -2.08. The van der Waals surface area contributed by atoms with Crippen LogP contribution in [0, 0.1) is 12.0 Å². The molecule has 1 unspecified atom stereocenters. The minimum absolute atomic E-state index is 0.139. The van der Waals surface area contributed by atoms with Crippen molar-refractivity contribution in [3.63, 3.8) is 0 Å². The van der Waals surface area contributed by atoms with E-state index in [1.54, 1.807) is 37.5 Å². The second kappa shape index (κ2) is 5.66. The van der Waals surface area contributed by atoms with Gasteiger partial charge >= 0.3 is 5.97 Å². The molecule has 2 N–H and O–H groups in total. The molecule has 0 heterocycles. The molecule has 84 valence electrons. The second-order valence-corrected chi connectivity index (χ2v) is 3.18. The van der Waals surface area contributed by atoms with Gasteiger partial charge in [-0.3, -0.25) is 4.79 Å². The highest BCUT2D eigenvalue weighted by molar-refractivity contribution is 5.69. The number of carbonyl (C=O) groups is 1. The average Bonchev–Trinajstić information content (AvgIpc) is 2.28. The summed E-state index contributed by atoms with van der Waals surface area (Å²) in [7, 11) is 1.55. The van der Waals surface area contributed by atoms with Crippen LogP contribution >= 0.6 is 0 Å². The first-order valence-corrected chi connectivity index (χ1v) is 4.67. The molecule has 0 fully saturated rings. The van der Waals surface area contributed by atoms with Gasteiger partial charge in [0.25, 0.3) is 0 Å². The predicted octanol–water partition coefficient (Wildman–Crippen LogP) is 1.59. The molecule has 4 nitrogen and oxygen atoms in total. The number of aliphatic hydroxyl groups excluding tert-OH is 1. The molecule has 4 heteroatoms. The Morgan fingerprint density at radius 1 is 1.44 bits per heavy atom. The number of methoxy groups -OCH3 is 1. The van der Waals surface area contributed by atoms with Crippen LogP contribution in [0.25, 0.3) is 0 Å². The Labute approximate surface area is 93.5 Å². The molecule has 0 spiro atoms. The van der Waals surface area contributed by atoms with Gasteiger partial charge in [-0.05, 0) is 17.7 Å². The van der Waals surface area contributed by atoms with E-state index in [0.717, 1.165) is 5.56 Å². The molecule has 1 aromatic rings. The quantitative estimate of drug-likeness (QED) is 0.756. The molecular weight excluding hydrogens is 208 g/mol. The number of aliphatic hydroxyl groups is 1. The van der Waals surface area contributed by atoms with Crippen LogP contribution in [-0.4, -0.2) is 23.3 Å². The minimum Gasteiger partial charge on any atom is -0.497 e. The Hall–Kier alpha value is -2.15. The van der Waals surface area contributed by atoms with Crippen LogP contribution in [0.3, 0.4) is 0 Å². The Morgan fingerprint density at radius 2 is 2.06 bits per heavy atom. The molecule has 0 bridgehead atoms. The molecule has 0 saturated carbocycles. The number of carboxylic acid groups (broad SMARTS) is 1. The molecule has 16 heavy (non-hydrogen) atoms. The second-order valence-electron chi connectivity index (χ2n) is 3.18.